The van der Waals surface area contributed by atoms with Crippen molar-refractivity contribution in [3.63, 3.8) is 0 Å². The molecule has 0 aliphatic rings. The third kappa shape index (κ3) is 3.62. The van der Waals surface area contributed by atoms with Gasteiger partial charge in [0.25, 0.3) is 5.91 Å². The van der Waals surface area contributed by atoms with Crippen molar-refractivity contribution in [3.05, 3.63) is 82.2 Å². The van der Waals surface area contributed by atoms with Gasteiger partial charge in [-0.25, -0.2) is 4.98 Å². The van der Waals surface area contributed by atoms with Crippen molar-refractivity contribution in [2.45, 2.75) is 20.4 Å². The molecule has 1 amide bonds. The highest BCUT2D eigenvalue weighted by Crippen LogP contribution is 2.34. The molecule has 4 nitrogen and oxygen atoms in total. The highest BCUT2D eigenvalue weighted by molar-refractivity contribution is 7.21. The van der Waals surface area contributed by atoms with Crippen LogP contribution in [0.15, 0.2) is 60.7 Å². The van der Waals surface area contributed by atoms with Crippen LogP contribution in [0, 0.1) is 13.8 Å². The molecule has 2 aromatic carbocycles. The maximum absolute atomic E-state index is 12.7. The lowest BCUT2D eigenvalue weighted by molar-refractivity contribution is 0.0956. The quantitative estimate of drug-likeness (QED) is 0.512. The molecular formula is C23H21N3OS. The number of fused-ring (bicyclic) bond motifs is 1. The molecule has 28 heavy (non-hydrogen) atoms. The van der Waals surface area contributed by atoms with Crippen molar-refractivity contribution in [1.82, 2.24) is 10.3 Å². The van der Waals surface area contributed by atoms with Crippen LogP contribution in [0.5, 0.6) is 0 Å². The minimum Gasteiger partial charge on any atom is -0.397 e. The zero-order chi connectivity index (χ0) is 19.7. The molecule has 4 rings (SSSR count). The molecule has 0 aliphatic heterocycles. The van der Waals surface area contributed by atoms with Crippen LogP contribution in [0.25, 0.3) is 21.5 Å². The zero-order valence-electron chi connectivity index (χ0n) is 15.8. The molecule has 5 heteroatoms. The van der Waals surface area contributed by atoms with Crippen LogP contribution < -0.4 is 11.1 Å². The number of aromatic nitrogens is 1. The number of hydrogen-bond donors (Lipinski definition) is 2. The van der Waals surface area contributed by atoms with Gasteiger partial charge in [0.2, 0.25) is 0 Å². The van der Waals surface area contributed by atoms with Crippen LogP contribution in [-0.2, 0) is 6.54 Å². The van der Waals surface area contributed by atoms with Gasteiger partial charge < -0.3 is 11.1 Å². The van der Waals surface area contributed by atoms with Gasteiger partial charge in [-0.05, 0) is 31.5 Å². The minimum atomic E-state index is -0.169. The number of amides is 1. The fourth-order valence-corrected chi connectivity index (χ4v) is 4.03. The maximum Gasteiger partial charge on any atom is 0.263 e. The summed E-state index contributed by atoms with van der Waals surface area (Å²) in [6.07, 6.45) is 0. The first kappa shape index (κ1) is 18.2. The van der Waals surface area contributed by atoms with Gasteiger partial charge in [0.05, 0.1) is 11.4 Å². The van der Waals surface area contributed by atoms with E-state index in [0.717, 1.165) is 27.0 Å². The Hall–Kier alpha value is -3.18. The van der Waals surface area contributed by atoms with Crippen molar-refractivity contribution in [2.75, 3.05) is 5.73 Å². The summed E-state index contributed by atoms with van der Waals surface area (Å²) < 4.78 is 0. The molecule has 0 bridgehead atoms. The highest BCUT2D eigenvalue weighted by Gasteiger charge is 2.17. The molecule has 3 N–H and O–H groups in total. The fraction of sp³-hybridized carbons (Fsp3) is 0.130. The number of nitrogens with two attached hydrogens (primary N) is 1. The number of nitrogens with one attached hydrogen (secondary N) is 1. The molecule has 0 radical (unpaired) electrons. The number of aryl methyl sites for hydroxylation is 2. The fourth-order valence-electron chi connectivity index (χ4n) is 3.02. The Bertz CT molecular complexity index is 1150. The Morgan fingerprint density at radius 2 is 1.61 bits per heavy atom. The normalized spacial score (nSPS) is 10.9. The van der Waals surface area contributed by atoms with Crippen LogP contribution in [0.1, 0.15) is 26.4 Å². The second kappa shape index (κ2) is 7.44. The SMILES string of the molecule is Cc1ccc(CNC(=O)c2sc3nc(-c4ccc(C)cc4)ccc3c2N)cc1. The predicted molar refractivity (Wildman–Crippen MR) is 117 cm³/mol. The number of rotatable bonds is 4. The van der Waals surface area contributed by atoms with E-state index in [0.29, 0.717) is 17.1 Å². The molecule has 0 saturated carbocycles. The van der Waals surface area contributed by atoms with Crippen molar-refractivity contribution in [2.24, 2.45) is 0 Å². The molecule has 0 saturated heterocycles. The molecule has 0 unspecified atom stereocenters. The van der Waals surface area contributed by atoms with Crippen LogP contribution in [0.3, 0.4) is 0 Å². The van der Waals surface area contributed by atoms with Gasteiger partial charge in [-0.2, -0.15) is 0 Å². The zero-order valence-corrected chi connectivity index (χ0v) is 16.6. The highest BCUT2D eigenvalue weighted by atomic mass is 32.1. The van der Waals surface area contributed by atoms with Crippen LogP contribution in [0.4, 0.5) is 5.69 Å². The van der Waals surface area contributed by atoms with Crippen LogP contribution >= 0.6 is 11.3 Å². The summed E-state index contributed by atoms with van der Waals surface area (Å²) in [6.45, 7) is 4.56. The molecule has 4 aromatic rings. The molecule has 2 aromatic heterocycles. The van der Waals surface area contributed by atoms with Gasteiger partial charge in [-0.1, -0.05) is 59.7 Å². The number of nitrogen functional groups attached to an aromatic ring is 1. The summed E-state index contributed by atoms with van der Waals surface area (Å²) in [7, 11) is 0. The lowest BCUT2D eigenvalue weighted by Crippen LogP contribution is -2.22. The lowest BCUT2D eigenvalue weighted by Gasteiger charge is -2.05. The number of anilines is 1. The standard InChI is InChI=1S/C23H21N3OS/c1-14-3-7-16(8-4-14)13-25-22(27)21-20(24)18-11-12-19(26-23(18)28-21)17-9-5-15(2)6-10-17/h3-12H,13,24H2,1-2H3,(H,25,27). The lowest BCUT2D eigenvalue weighted by atomic mass is 10.1. The summed E-state index contributed by atoms with van der Waals surface area (Å²) in [5, 5.41) is 3.77. The minimum absolute atomic E-state index is 0.169. The number of pyridine rings is 1. The van der Waals surface area contributed by atoms with Crippen molar-refractivity contribution in [1.29, 1.82) is 0 Å². The molecule has 140 valence electrons. The van der Waals surface area contributed by atoms with E-state index in [1.54, 1.807) is 0 Å². The summed E-state index contributed by atoms with van der Waals surface area (Å²) >= 11 is 1.33. The van der Waals surface area contributed by atoms with E-state index < -0.39 is 0 Å². The van der Waals surface area contributed by atoms with Crippen LogP contribution in [-0.4, -0.2) is 10.9 Å². The summed E-state index contributed by atoms with van der Waals surface area (Å²) in [6, 6.07) is 20.2. The third-order valence-electron chi connectivity index (χ3n) is 4.72. The molecule has 0 spiro atoms. The maximum atomic E-state index is 12.7. The van der Waals surface area contributed by atoms with Crippen molar-refractivity contribution < 1.29 is 4.79 Å². The second-order valence-corrected chi connectivity index (χ2v) is 7.93. The molecule has 0 atom stereocenters. The average Bonchev–Trinajstić information content (AvgIpc) is 3.04. The van der Waals surface area contributed by atoms with E-state index in [1.807, 2.05) is 43.3 Å². The summed E-state index contributed by atoms with van der Waals surface area (Å²) in [4.78, 5) is 18.7. The van der Waals surface area contributed by atoms with E-state index in [4.69, 9.17) is 10.7 Å². The summed E-state index contributed by atoms with van der Waals surface area (Å²) in [5.41, 5.74) is 12.1. The van der Waals surface area contributed by atoms with E-state index in [9.17, 15) is 4.79 Å². The Balaban J connectivity index is 1.58. The van der Waals surface area contributed by atoms with Gasteiger partial charge in [0, 0.05) is 17.5 Å². The van der Waals surface area contributed by atoms with Crippen LogP contribution in [0.2, 0.25) is 0 Å². The van der Waals surface area contributed by atoms with E-state index in [-0.39, 0.29) is 5.91 Å². The first-order valence-corrected chi connectivity index (χ1v) is 9.93. The first-order valence-electron chi connectivity index (χ1n) is 9.11. The van der Waals surface area contributed by atoms with Gasteiger partial charge in [-0.3, -0.25) is 4.79 Å². The first-order chi connectivity index (χ1) is 13.5. The number of benzene rings is 2. The second-order valence-electron chi connectivity index (χ2n) is 6.93. The molecule has 2 heterocycles. The smallest absolute Gasteiger partial charge is 0.263 e. The third-order valence-corrected chi connectivity index (χ3v) is 5.84. The number of hydrogen-bond acceptors (Lipinski definition) is 4. The molecular weight excluding hydrogens is 366 g/mol. The van der Waals surface area contributed by atoms with Gasteiger partial charge in [-0.15, -0.1) is 11.3 Å². The Morgan fingerprint density at radius 1 is 0.964 bits per heavy atom. The van der Waals surface area contributed by atoms with Crippen molar-refractivity contribution >= 4 is 33.1 Å². The average molecular weight is 388 g/mol. The van der Waals surface area contributed by atoms with Crippen molar-refractivity contribution in [3.8, 4) is 11.3 Å². The number of carbonyl (C=O) groups excluding carboxylic acids is 1. The Morgan fingerprint density at radius 3 is 2.29 bits per heavy atom. The summed E-state index contributed by atoms with van der Waals surface area (Å²) in [5.74, 6) is -0.169. The number of thiophene rings is 1. The van der Waals surface area contributed by atoms with E-state index >= 15 is 0 Å². The van der Waals surface area contributed by atoms with Gasteiger partial charge >= 0.3 is 0 Å². The topological polar surface area (TPSA) is 68.0 Å². The van der Waals surface area contributed by atoms with Gasteiger partial charge in [0.1, 0.15) is 9.71 Å². The number of carbonyl (C=O) groups is 1. The van der Waals surface area contributed by atoms with E-state index in [2.05, 4.69) is 36.5 Å². The number of nitrogens with zero attached hydrogens (tertiary/aromatic N) is 1. The molecule has 0 fully saturated rings. The predicted octanol–water partition coefficient (Wildman–Crippen LogP) is 5.09. The Labute approximate surface area is 168 Å². The monoisotopic (exact) mass is 387 g/mol. The van der Waals surface area contributed by atoms with E-state index in [1.165, 1.54) is 22.5 Å². The van der Waals surface area contributed by atoms with Gasteiger partial charge in [0.15, 0.2) is 0 Å². The molecule has 0 aliphatic carbocycles. The Kier molecular flexibility index (Phi) is 4.84. The largest absolute Gasteiger partial charge is 0.397 e.